The van der Waals surface area contributed by atoms with E-state index in [-0.39, 0.29) is 17.9 Å². The summed E-state index contributed by atoms with van der Waals surface area (Å²) in [6, 6.07) is 6.99. The standard InChI is InChI=1S/C14H18ClIN2O2/c15-12-6-2-1-5-11(12)14(20)18-10(8-9-16)4-3-7-13(17)19/h1-2,5-6,10H,3-4,7-9H2,(H2,17,19)(H,18,20)/t10-/m1/s1. The van der Waals surface area contributed by atoms with Crippen molar-refractivity contribution in [1.29, 1.82) is 0 Å². The van der Waals surface area contributed by atoms with Crippen LogP contribution in [0.1, 0.15) is 36.0 Å². The molecule has 0 spiro atoms. The number of alkyl halides is 1. The van der Waals surface area contributed by atoms with Crippen LogP contribution in [0.5, 0.6) is 0 Å². The first kappa shape index (κ1) is 17.2. The number of nitrogens with one attached hydrogen (secondary N) is 1. The Balaban J connectivity index is 2.58. The van der Waals surface area contributed by atoms with Crippen molar-refractivity contribution in [3.63, 3.8) is 0 Å². The number of primary amides is 1. The minimum atomic E-state index is -0.310. The second kappa shape index (κ2) is 9.18. The maximum atomic E-state index is 12.2. The highest BCUT2D eigenvalue weighted by molar-refractivity contribution is 14.1. The first-order chi connectivity index (χ1) is 9.54. The van der Waals surface area contributed by atoms with Crippen LogP contribution >= 0.6 is 34.2 Å². The molecular weight excluding hydrogens is 391 g/mol. The van der Waals surface area contributed by atoms with Gasteiger partial charge < -0.3 is 11.1 Å². The molecule has 0 heterocycles. The zero-order chi connectivity index (χ0) is 15.0. The summed E-state index contributed by atoms with van der Waals surface area (Å²) in [7, 11) is 0. The van der Waals surface area contributed by atoms with E-state index in [0.717, 1.165) is 17.3 Å². The number of benzene rings is 1. The van der Waals surface area contributed by atoms with Gasteiger partial charge in [-0.15, -0.1) is 0 Å². The number of halogens is 2. The Kier molecular flexibility index (Phi) is 7.91. The third-order valence-electron chi connectivity index (χ3n) is 2.89. The minimum Gasteiger partial charge on any atom is -0.370 e. The highest BCUT2D eigenvalue weighted by Crippen LogP contribution is 2.16. The fraction of sp³-hybridized carbons (Fsp3) is 0.429. The number of hydrogen-bond acceptors (Lipinski definition) is 2. The zero-order valence-corrected chi connectivity index (χ0v) is 14.0. The van der Waals surface area contributed by atoms with Crippen molar-refractivity contribution in [3.05, 3.63) is 34.9 Å². The van der Waals surface area contributed by atoms with Crippen LogP contribution in [0.15, 0.2) is 24.3 Å². The number of carbonyl (C=O) groups excluding carboxylic acids is 2. The van der Waals surface area contributed by atoms with Crippen molar-refractivity contribution >= 4 is 46.0 Å². The predicted octanol–water partition coefficient (Wildman–Crippen LogP) is 2.92. The minimum absolute atomic E-state index is 0.0371. The van der Waals surface area contributed by atoms with Crippen molar-refractivity contribution in [2.24, 2.45) is 5.73 Å². The third-order valence-corrected chi connectivity index (χ3v) is 3.84. The van der Waals surface area contributed by atoms with Crippen LogP contribution < -0.4 is 11.1 Å². The number of amides is 2. The largest absolute Gasteiger partial charge is 0.370 e. The smallest absolute Gasteiger partial charge is 0.253 e. The summed E-state index contributed by atoms with van der Waals surface area (Å²) < 4.78 is 0.932. The van der Waals surface area contributed by atoms with Gasteiger partial charge in [0.25, 0.3) is 5.91 Å². The van der Waals surface area contributed by atoms with Gasteiger partial charge in [-0.2, -0.15) is 0 Å². The van der Waals surface area contributed by atoms with E-state index in [4.69, 9.17) is 17.3 Å². The van der Waals surface area contributed by atoms with Gasteiger partial charge in [0.2, 0.25) is 5.91 Å². The molecule has 0 aromatic heterocycles. The summed E-state index contributed by atoms with van der Waals surface area (Å²) in [6.45, 7) is 0. The first-order valence-electron chi connectivity index (χ1n) is 6.44. The first-order valence-corrected chi connectivity index (χ1v) is 8.34. The number of hydrogen-bond donors (Lipinski definition) is 2. The van der Waals surface area contributed by atoms with Crippen molar-refractivity contribution in [1.82, 2.24) is 5.32 Å². The molecule has 110 valence electrons. The van der Waals surface area contributed by atoms with Gasteiger partial charge in [0, 0.05) is 16.9 Å². The van der Waals surface area contributed by atoms with Gasteiger partial charge >= 0.3 is 0 Å². The lowest BCUT2D eigenvalue weighted by Crippen LogP contribution is -2.35. The fourth-order valence-corrected chi connectivity index (χ4v) is 2.82. The Morgan fingerprint density at radius 2 is 2.00 bits per heavy atom. The van der Waals surface area contributed by atoms with E-state index in [1.807, 2.05) is 0 Å². The molecule has 0 saturated heterocycles. The maximum Gasteiger partial charge on any atom is 0.253 e. The monoisotopic (exact) mass is 408 g/mol. The number of nitrogens with two attached hydrogens (primary N) is 1. The molecule has 2 amide bonds. The Morgan fingerprint density at radius 1 is 1.30 bits per heavy atom. The van der Waals surface area contributed by atoms with Gasteiger partial charge in [0.05, 0.1) is 10.6 Å². The van der Waals surface area contributed by atoms with Gasteiger partial charge in [-0.05, 0) is 31.4 Å². The lowest BCUT2D eigenvalue weighted by atomic mass is 10.1. The summed E-state index contributed by atoms with van der Waals surface area (Å²) in [6.07, 6.45) is 2.62. The molecule has 0 bridgehead atoms. The molecule has 0 radical (unpaired) electrons. The van der Waals surface area contributed by atoms with Crippen molar-refractivity contribution in [2.45, 2.75) is 31.7 Å². The summed E-state index contributed by atoms with van der Waals surface area (Å²) in [5.41, 5.74) is 5.59. The molecule has 4 nitrogen and oxygen atoms in total. The highest BCUT2D eigenvalue weighted by Gasteiger charge is 2.15. The summed E-state index contributed by atoms with van der Waals surface area (Å²) in [5, 5.41) is 3.41. The maximum absolute atomic E-state index is 12.2. The normalized spacial score (nSPS) is 11.9. The molecule has 0 fully saturated rings. The Labute approximate surface area is 137 Å². The SMILES string of the molecule is NC(=O)CCC[C@H](CCI)NC(=O)c1ccccc1Cl. The highest BCUT2D eigenvalue weighted by atomic mass is 127. The third kappa shape index (κ3) is 6.09. The molecule has 0 saturated carbocycles. The summed E-state index contributed by atoms with van der Waals surface area (Å²) in [5.74, 6) is -0.486. The molecule has 3 N–H and O–H groups in total. The molecule has 0 unspecified atom stereocenters. The summed E-state index contributed by atoms with van der Waals surface area (Å²) >= 11 is 8.27. The van der Waals surface area contributed by atoms with E-state index in [1.54, 1.807) is 24.3 Å². The molecule has 0 aliphatic carbocycles. The molecule has 0 aliphatic rings. The van der Waals surface area contributed by atoms with E-state index in [2.05, 4.69) is 27.9 Å². The zero-order valence-electron chi connectivity index (χ0n) is 11.1. The molecule has 1 rings (SSSR count). The average Bonchev–Trinajstić information content (AvgIpc) is 2.38. The predicted molar refractivity (Wildman–Crippen MR) is 89.3 cm³/mol. The number of carbonyl (C=O) groups is 2. The Morgan fingerprint density at radius 3 is 2.60 bits per heavy atom. The van der Waals surface area contributed by atoms with Crippen LogP contribution in [-0.2, 0) is 4.79 Å². The van der Waals surface area contributed by atoms with Gasteiger partial charge in [0.15, 0.2) is 0 Å². The fourth-order valence-electron chi connectivity index (χ4n) is 1.85. The molecule has 1 aromatic carbocycles. The van der Waals surface area contributed by atoms with Crippen LogP contribution in [0, 0.1) is 0 Å². The molecule has 6 heteroatoms. The van der Waals surface area contributed by atoms with Crippen LogP contribution in [0.25, 0.3) is 0 Å². The van der Waals surface area contributed by atoms with Crippen LogP contribution in [0.4, 0.5) is 0 Å². The van der Waals surface area contributed by atoms with E-state index >= 15 is 0 Å². The van der Waals surface area contributed by atoms with Gasteiger partial charge in [-0.3, -0.25) is 9.59 Å². The molecule has 0 aliphatic heterocycles. The second-order valence-corrected chi connectivity index (χ2v) is 5.97. The Hall–Kier alpha value is -0.820. The van der Waals surface area contributed by atoms with Crippen LogP contribution in [-0.4, -0.2) is 22.3 Å². The van der Waals surface area contributed by atoms with Crippen molar-refractivity contribution < 1.29 is 9.59 Å². The van der Waals surface area contributed by atoms with Crippen LogP contribution in [0.2, 0.25) is 5.02 Å². The molecule has 1 aromatic rings. The van der Waals surface area contributed by atoms with Gasteiger partial charge in [-0.1, -0.05) is 46.3 Å². The van der Waals surface area contributed by atoms with Gasteiger partial charge in [0.1, 0.15) is 0 Å². The number of rotatable bonds is 8. The molecule has 1 atom stereocenters. The van der Waals surface area contributed by atoms with Gasteiger partial charge in [-0.25, -0.2) is 0 Å². The Bertz CT molecular complexity index is 468. The van der Waals surface area contributed by atoms with E-state index in [9.17, 15) is 9.59 Å². The van der Waals surface area contributed by atoms with E-state index in [1.165, 1.54) is 0 Å². The van der Waals surface area contributed by atoms with E-state index in [0.29, 0.717) is 23.4 Å². The quantitative estimate of drug-likeness (QED) is 0.513. The van der Waals surface area contributed by atoms with E-state index < -0.39 is 0 Å². The lowest BCUT2D eigenvalue weighted by Gasteiger charge is -2.18. The topological polar surface area (TPSA) is 72.2 Å². The van der Waals surface area contributed by atoms with Crippen molar-refractivity contribution in [3.8, 4) is 0 Å². The average molecular weight is 409 g/mol. The van der Waals surface area contributed by atoms with Crippen molar-refractivity contribution in [2.75, 3.05) is 4.43 Å². The summed E-state index contributed by atoms with van der Waals surface area (Å²) in [4.78, 5) is 22.9. The molecular formula is C14H18ClIN2O2. The molecule has 20 heavy (non-hydrogen) atoms. The lowest BCUT2D eigenvalue weighted by molar-refractivity contribution is -0.118. The van der Waals surface area contributed by atoms with Crippen LogP contribution in [0.3, 0.4) is 0 Å². The second-order valence-electron chi connectivity index (χ2n) is 4.49.